The van der Waals surface area contributed by atoms with Crippen molar-refractivity contribution in [2.24, 2.45) is 16.8 Å². The number of hydrogen-bond acceptors (Lipinski definition) is 4. The maximum Gasteiger partial charge on any atom is 0.511 e. The molecule has 2 saturated heterocycles. The van der Waals surface area contributed by atoms with Crippen LogP contribution in [-0.2, 0) is 10.0 Å². The Balaban J connectivity index is 1.77. The van der Waals surface area contributed by atoms with E-state index in [1.54, 1.807) is 0 Å². The molecule has 0 aromatic rings. The van der Waals surface area contributed by atoms with Gasteiger partial charge in [0.15, 0.2) is 5.96 Å². The maximum atomic E-state index is 12.7. The molecule has 2 aliphatic rings. The van der Waals surface area contributed by atoms with Gasteiger partial charge in [0.05, 0.1) is 0 Å². The number of hydrogen-bond donors (Lipinski definition) is 2. The van der Waals surface area contributed by atoms with Crippen molar-refractivity contribution in [1.29, 1.82) is 0 Å². The smallest absolute Gasteiger partial charge is 0.357 e. The number of nitrogens with one attached hydrogen (secondary N) is 2. The summed E-state index contributed by atoms with van der Waals surface area (Å²) in [5, 5.41) is 6.50. The van der Waals surface area contributed by atoms with Crippen LogP contribution in [0.4, 0.5) is 13.2 Å². The quantitative estimate of drug-likeness (QED) is 0.466. The predicted octanol–water partition coefficient (Wildman–Crippen LogP) is 1.84. The average molecular weight is 442 g/mol. The van der Waals surface area contributed by atoms with Gasteiger partial charge >= 0.3 is 15.5 Å². The van der Waals surface area contributed by atoms with E-state index < -0.39 is 15.5 Å². The molecule has 0 saturated carbocycles. The molecule has 170 valence electrons. The molecule has 1 atom stereocenters. The Kier molecular flexibility index (Phi) is 9.02. The van der Waals surface area contributed by atoms with Crippen LogP contribution in [0.15, 0.2) is 4.99 Å². The van der Waals surface area contributed by atoms with Crippen LogP contribution in [0.3, 0.4) is 0 Å². The highest BCUT2D eigenvalue weighted by atomic mass is 32.2. The number of piperidine rings is 2. The lowest BCUT2D eigenvalue weighted by atomic mass is 9.98. The van der Waals surface area contributed by atoms with Crippen molar-refractivity contribution in [2.75, 3.05) is 52.4 Å². The van der Waals surface area contributed by atoms with Gasteiger partial charge < -0.3 is 15.5 Å². The lowest BCUT2D eigenvalue weighted by molar-refractivity contribution is -0.0496. The van der Waals surface area contributed by atoms with Gasteiger partial charge in [0, 0.05) is 45.8 Å². The SMILES string of the molecule is CCNC(=NCC1CCN(S(=O)(=O)C(F)(F)F)CC1)NCCN1CCCC(C)C1. The fourth-order valence-corrected chi connectivity index (χ4v) is 4.85. The topological polar surface area (TPSA) is 77.0 Å². The molecular weight excluding hydrogens is 407 g/mol. The summed E-state index contributed by atoms with van der Waals surface area (Å²) in [7, 11) is -5.22. The third-order valence-corrected chi connectivity index (χ3v) is 7.15. The summed E-state index contributed by atoms with van der Waals surface area (Å²) in [4.78, 5) is 7.00. The van der Waals surface area contributed by atoms with Crippen molar-refractivity contribution < 1.29 is 21.6 Å². The second kappa shape index (κ2) is 10.8. The van der Waals surface area contributed by atoms with Gasteiger partial charge in [-0.15, -0.1) is 0 Å². The lowest BCUT2D eigenvalue weighted by Crippen LogP contribution is -2.45. The Morgan fingerprint density at radius 3 is 2.41 bits per heavy atom. The van der Waals surface area contributed by atoms with Crippen molar-refractivity contribution in [1.82, 2.24) is 19.8 Å². The molecule has 0 aromatic heterocycles. The number of halogens is 3. The third kappa shape index (κ3) is 7.29. The van der Waals surface area contributed by atoms with Gasteiger partial charge in [-0.05, 0) is 51.0 Å². The minimum absolute atomic E-state index is 0.0769. The second-order valence-corrected chi connectivity index (χ2v) is 9.92. The van der Waals surface area contributed by atoms with Gasteiger partial charge in [-0.1, -0.05) is 6.92 Å². The van der Waals surface area contributed by atoms with E-state index in [4.69, 9.17) is 0 Å². The summed E-state index contributed by atoms with van der Waals surface area (Å²) in [5.74, 6) is 1.51. The molecular formula is C18H34F3N5O2S. The molecule has 0 amide bonds. The molecule has 2 aliphatic heterocycles. The van der Waals surface area contributed by atoms with E-state index in [1.165, 1.54) is 12.8 Å². The van der Waals surface area contributed by atoms with E-state index >= 15 is 0 Å². The summed E-state index contributed by atoms with van der Waals surface area (Å²) >= 11 is 0. The van der Waals surface area contributed by atoms with Crippen molar-refractivity contribution in [3.63, 3.8) is 0 Å². The molecule has 0 radical (unpaired) electrons. The molecule has 0 aromatic carbocycles. The molecule has 0 aliphatic carbocycles. The fraction of sp³-hybridized carbons (Fsp3) is 0.944. The highest BCUT2D eigenvalue weighted by molar-refractivity contribution is 7.90. The number of likely N-dealkylation sites (tertiary alicyclic amines) is 1. The number of alkyl halides is 3. The summed E-state index contributed by atoms with van der Waals surface area (Å²) in [6.07, 6.45) is 3.28. The highest BCUT2D eigenvalue weighted by Crippen LogP contribution is 2.30. The summed E-state index contributed by atoms with van der Waals surface area (Å²) < 4.78 is 61.5. The van der Waals surface area contributed by atoms with Crippen LogP contribution in [-0.4, -0.2) is 81.4 Å². The van der Waals surface area contributed by atoms with Crippen molar-refractivity contribution >= 4 is 16.0 Å². The zero-order chi connectivity index (χ0) is 21.5. The highest BCUT2D eigenvalue weighted by Gasteiger charge is 2.50. The Morgan fingerprint density at radius 2 is 1.83 bits per heavy atom. The molecule has 11 heteroatoms. The molecule has 0 bridgehead atoms. The number of nitrogens with zero attached hydrogens (tertiary/aromatic N) is 3. The molecule has 0 spiro atoms. The Labute approximate surface area is 172 Å². The van der Waals surface area contributed by atoms with Crippen molar-refractivity contribution in [2.45, 2.75) is 45.0 Å². The van der Waals surface area contributed by atoms with Crippen LogP contribution in [0.5, 0.6) is 0 Å². The average Bonchev–Trinajstić information content (AvgIpc) is 2.65. The van der Waals surface area contributed by atoms with Crippen LogP contribution in [0.25, 0.3) is 0 Å². The third-order valence-electron chi connectivity index (χ3n) is 5.52. The Bertz CT molecular complexity index is 634. The first-order valence-electron chi connectivity index (χ1n) is 10.4. The first-order chi connectivity index (χ1) is 13.6. The lowest BCUT2D eigenvalue weighted by Gasteiger charge is -2.31. The standard InChI is InChI=1S/C18H34F3N5O2S/c1-3-22-17(23-8-12-25-9-4-5-15(2)14-25)24-13-16-6-10-26(11-7-16)29(27,28)18(19,20)21/h15-16H,3-14H2,1-2H3,(H2,22,23,24). The number of aliphatic imine (C=N–C) groups is 1. The minimum atomic E-state index is -5.23. The summed E-state index contributed by atoms with van der Waals surface area (Å²) in [6.45, 7) is 9.18. The van der Waals surface area contributed by atoms with E-state index in [9.17, 15) is 21.6 Å². The van der Waals surface area contributed by atoms with E-state index in [-0.39, 0.29) is 19.0 Å². The van der Waals surface area contributed by atoms with Crippen LogP contribution in [0, 0.1) is 11.8 Å². The first-order valence-corrected chi connectivity index (χ1v) is 11.9. The molecule has 29 heavy (non-hydrogen) atoms. The van der Waals surface area contributed by atoms with Crippen molar-refractivity contribution in [3.8, 4) is 0 Å². The fourth-order valence-electron chi connectivity index (χ4n) is 3.86. The van der Waals surface area contributed by atoms with Crippen molar-refractivity contribution in [3.05, 3.63) is 0 Å². The van der Waals surface area contributed by atoms with Crippen LogP contribution in [0.2, 0.25) is 0 Å². The van der Waals surface area contributed by atoms with Crippen LogP contribution < -0.4 is 10.6 Å². The summed E-state index contributed by atoms with van der Waals surface area (Å²) in [5.41, 5.74) is -5.23. The normalized spacial score (nSPS) is 23.9. The number of sulfonamides is 1. The van der Waals surface area contributed by atoms with Gasteiger partial charge in [-0.3, -0.25) is 4.99 Å². The molecule has 2 rings (SSSR count). The molecule has 1 unspecified atom stereocenters. The minimum Gasteiger partial charge on any atom is -0.357 e. The van der Waals surface area contributed by atoms with Gasteiger partial charge in [-0.2, -0.15) is 17.5 Å². The van der Waals surface area contributed by atoms with E-state index in [0.717, 1.165) is 38.6 Å². The summed E-state index contributed by atoms with van der Waals surface area (Å²) in [6, 6.07) is 0. The molecule has 2 heterocycles. The van der Waals surface area contributed by atoms with Gasteiger partial charge in [0.25, 0.3) is 0 Å². The Morgan fingerprint density at radius 1 is 1.14 bits per heavy atom. The van der Waals surface area contributed by atoms with Crippen LogP contribution in [0.1, 0.15) is 39.5 Å². The number of guanidine groups is 1. The zero-order valence-corrected chi connectivity index (χ0v) is 18.2. The largest absolute Gasteiger partial charge is 0.511 e. The molecule has 2 N–H and O–H groups in total. The van der Waals surface area contributed by atoms with Gasteiger partial charge in [0.2, 0.25) is 0 Å². The van der Waals surface area contributed by atoms with E-state index in [0.29, 0.717) is 29.7 Å². The number of rotatable bonds is 7. The first kappa shape index (κ1) is 24.2. The maximum absolute atomic E-state index is 12.7. The Hall–Kier alpha value is -1.07. The predicted molar refractivity (Wildman–Crippen MR) is 108 cm³/mol. The van der Waals surface area contributed by atoms with Gasteiger partial charge in [0.1, 0.15) is 0 Å². The van der Waals surface area contributed by atoms with Crippen LogP contribution >= 0.6 is 0 Å². The molecule has 7 nitrogen and oxygen atoms in total. The van der Waals surface area contributed by atoms with Gasteiger partial charge in [-0.25, -0.2) is 8.42 Å². The van der Waals surface area contributed by atoms with E-state index in [2.05, 4.69) is 27.4 Å². The molecule has 2 fully saturated rings. The second-order valence-electron chi connectivity index (χ2n) is 7.99. The van der Waals surface area contributed by atoms with E-state index in [1.807, 2.05) is 6.92 Å². The monoisotopic (exact) mass is 441 g/mol. The zero-order valence-electron chi connectivity index (χ0n) is 17.3.